The predicted molar refractivity (Wildman–Crippen MR) is 50.3 cm³/mol. The number of hydrogen-bond donors (Lipinski definition) is 2. The Hall–Kier alpha value is -0.610. The van der Waals surface area contributed by atoms with Crippen LogP contribution in [-0.2, 0) is 4.79 Å². The van der Waals surface area contributed by atoms with Gasteiger partial charge in [-0.15, -0.1) is 0 Å². The van der Waals surface area contributed by atoms with Gasteiger partial charge in [-0.2, -0.15) is 0 Å². The van der Waals surface area contributed by atoms with E-state index in [1.54, 1.807) is 18.9 Å². The van der Waals surface area contributed by atoms with Crippen molar-refractivity contribution >= 4 is 5.91 Å². The SMILES string of the molecule is CC(O)CCN(C)C(=O)CCCO. The van der Waals surface area contributed by atoms with Crippen molar-refractivity contribution in [3.05, 3.63) is 0 Å². The van der Waals surface area contributed by atoms with Crippen LogP contribution in [0.25, 0.3) is 0 Å². The first kappa shape index (κ1) is 12.4. The molecule has 0 aromatic rings. The summed E-state index contributed by atoms with van der Waals surface area (Å²) in [5.41, 5.74) is 0. The first-order valence-electron chi connectivity index (χ1n) is 4.60. The summed E-state index contributed by atoms with van der Waals surface area (Å²) in [6, 6.07) is 0. The number of hydrogen-bond acceptors (Lipinski definition) is 3. The van der Waals surface area contributed by atoms with Crippen LogP contribution in [0.1, 0.15) is 26.2 Å². The largest absolute Gasteiger partial charge is 0.396 e. The van der Waals surface area contributed by atoms with Gasteiger partial charge in [-0.3, -0.25) is 4.79 Å². The Morgan fingerprint density at radius 2 is 2.15 bits per heavy atom. The van der Waals surface area contributed by atoms with E-state index in [9.17, 15) is 4.79 Å². The van der Waals surface area contributed by atoms with Crippen LogP contribution in [0.5, 0.6) is 0 Å². The average Bonchev–Trinajstić information content (AvgIpc) is 2.10. The summed E-state index contributed by atoms with van der Waals surface area (Å²) >= 11 is 0. The fourth-order valence-corrected chi connectivity index (χ4v) is 0.926. The van der Waals surface area contributed by atoms with Gasteiger partial charge in [-0.25, -0.2) is 0 Å². The molecule has 0 spiro atoms. The summed E-state index contributed by atoms with van der Waals surface area (Å²) in [6.45, 7) is 2.32. The summed E-state index contributed by atoms with van der Waals surface area (Å²) in [7, 11) is 1.71. The second-order valence-electron chi connectivity index (χ2n) is 3.28. The zero-order chi connectivity index (χ0) is 10.3. The Morgan fingerprint density at radius 1 is 1.54 bits per heavy atom. The molecule has 0 fully saturated rings. The molecule has 1 atom stereocenters. The van der Waals surface area contributed by atoms with Gasteiger partial charge < -0.3 is 15.1 Å². The highest BCUT2D eigenvalue weighted by atomic mass is 16.3. The van der Waals surface area contributed by atoms with Crippen molar-refractivity contribution in [2.75, 3.05) is 20.2 Å². The van der Waals surface area contributed by atoms with Gasteiger partial charge in [0.05, 0.1) is 6.10 Å². The van der Waals surface area contributed by atoms with Crippen molar-refractivity contribution in [3.8, 4) is 0 Å². The Kier molecular flexibility index (Phi) is 6.54. The second-order valence-corrected chi connectivity index (χ2v) is 3.28. The van der Waals surface area contributed by atoms with Gasteiger partial charge in [-0.1, -0.05) is 0 Å². The first-order valence-corrected chi connectivity index (χ1v) is 4.60. The quantitative estimate of drug-likeness (QED) is 0.617. The van der Waals surface area contributed by atoms with Crippen molar-refractivity contribution in [2.24, 2.45) is 0 Å². The van der Waals surface area contributed by atoms with Crippen LogP contribution in [0, 0.1) is 0 Å². The van der Waals surface area contributed by atoms with E-state index in [1.807, 2.05) is 0 Å². The van der Waals surface area contributed by atoms with Crippen LogP contribution in [0.15, 0.2) is 0 Å². The summed E-state index contributed by atoms with van der Waals surface area (Å²) in [5, 5.41) is 17.5. The van der Waals surface area contributed by atoms with Gasteiger partial charge >= 0.3 is 0 Å². The highest BCUT2D eigenvalue weighted by molar-refractivity contribution is 5.75. The van der Waals surface area contributed by atoms with E-state index in [1.165, 1.54) is 0 Å². The van der Waals surface area contributed by atoms with E-state index >= 15 is 0 Å². The summed E-state index contributed by atoms with van der Waals surface area (Å²) in [5.74, 6) is 0.0229. The van der Waals surface area contributed by atoms with Gasteiger partial charge in [0.2, 0.25) is 5.91 Å². The highest BCUT2D eigenvalue weighted by Gasteiger charge is 2.08. The zero-order valence-electron chi connectivity index (χ0n) is 8.36. The minimum absolute atomic E-state index is 0.0229. The van der Waals surface area contributed by atoms with Crippen LogP contribution in [0.4, 0.5) is 0 Å². The highest BCUT2D eigenvalue weighted by Crippen LogP contribution is 1.98. The number of carbonyl (C=O) groups is 1. The molecule has 0 bridgehead atoms. The molecule has 0 aliphatic rings. The lowest BCUT2D eigenvalue weighted by molar-refractivity contribution is -0.130. The molecule has 2 N–H and O–H groups in total. The van der Waals surface area contributed by atoms with Crippen LogP contribution in [-0.4, -0.2) is 47.3 Å². The molecule has 0 aromatic carbocycles. The van der Waals surface area contributed by atoms with Crippen LogP contribution < -0.4 is 0 Å². The molecule has 0 rings (SSSR count). The molecule has 1 unspecified atom stereocenters. The second kappa shape index (κ2) is 6.86. The molecule has 0 heterocycles. The molecule has 0 radical (unpaired) electrons. The average molecular weight is 189 g/mol. The number of carbonyl (C=O) groups excluding carboxylic acids is 1. The maximum Gasteiger partial charge on any atom is 0.222 e. The lowest BCUT2D eigenvalue weighted by Gasteiger charge is -2.17. The van der Waals surface area contributed by atoms with E-state index in [0.717, 1.165) is 0 Å². The molecular weight excluding hydrogens is 170 g/mol. The van der Waals surface area contributed by atoms with Gasteiger partial charge in [-0.05, 0) is 19.8 Å². The van der Waals surface area contributed by atoms with Crippen LogP contribution in [0.2, 0.25) is 0 Å². The molecular formula is C9H19NO3. The third kappa shape index (κ3) is 6.54. The Balaban J connectivity index is 3.57. The third-order valence-electron chi connectivity index (χ3n) is 1.86. The van der Waals surface area contributed by atoms with Gasteiger partial charge in [0.25, 0.3) is 0 Å². The van der Waals surface area contributed by atoms with Gasteiger partial charge in [0.15, 0.2) is 0 Å². The smallest absolute Gasteiger partial charge is 0.222 e. The molecule has 78 valence electrons. The molecule has 0 aromatic heterocycles. The zero-order valence-corrected chi connectivity index (χ0v) is 8.36. The number of aliphatic hydroxyl groups is 2. The molecule has 4 heteroatoms. The summed E-state index contributed by atoms with van der Waals surface area (Å²) < 4.78 is 0. The van der Waals surface area contributed by atoms with Crippen LogP contribution in [0.3, 0.4) is 0 Å². The summed E-state index contributed by atoms with van der Waals surface area (Å²) in [4.78, 5) is 12.8. The molecule has 0 aliphatic carbocycles. The Bertz CT molecular complexity index is 148. The van der Waals surface area contributed by atoms with E-state index in [2.05, 4.69) is 0 Å². The Morgan fingerprint density at radius 3 is 2.62 bits per heavy atom. The number of aliphatic hydroxyl groups excluding tert-OH is 2. The number of rotatable bonds is 6. The van der Waals surface area contributed by atoms with E-state index in [-0.39, 0.29) is 18.6 Å². The van der Waals surface area contributed by atoms with E-state index in [0.29, 0.717) is 25.8 Å². The van der Waals surface area contributed by atoms with E-state index < -0.39 is 0 Å². The molecule has 0 saturated heterocycles. The third-order valence-corrected chi connectivity index (χ3v) is 1.86. The minimum Gasteiger partial charge on any atom is -0.396 e. The van der Waals surface area contributed by atoms with Crippen molar-refractivity contribution in [2.45, 2.75) is 32.3 Å². The number of amides is 1. The Labute approximate surface area is 79.2 Å². The molecule has 13 heavy (non-hydrogen) atoms. The maximum atomic E-state index is 11.2. The van der Waals surface area contributed by atoms with Gasteiger partial charge in [0.1, 0.15) is 0 Å². The predicted octanol–water partition coefficient (Wildman–Crippen LogP) is -0.0118. The van der Waals surface area contributed by atoms with Crippen molar-refractivity contribution in [3.63, 3.8) is 0 Å². The monoisotopic (exact) mass is 189 g/mol. The lowest BCUT2D eigenvalue weighted by atomic mass is 10.2. The van der Waals surface area contributed by atoms with E-state index in [4.69, 9.17) is 10.2 Å². The lowest BCUT2D eigenvalue weighted by Crippen LogP contribution is -2.29. The van der Waals surface area contributed by atoms with Crippen molar-refractivity contribution < 1.29 is 15.0 Å². The maximum absolute atomic E-state index is 11.2. The summed E-state index contributed by atoms with van der Waals surface area (Å²) in [6.07, 6.45) is 1.12. The first-order chi connectivity index (χ1) is 6.07. The normalized spacial score (nSPS) is 12.6. The fraction of sp³-hybridized carbons (Fsp3) is 0.889. The van der Waals surface area contributed by atoms with Crippen LogP contribution >= 0.6 is 0 Å². The molecule has 0 aliphatic heterocycles. The molecule has 1 amide bonds. The number of nitrogens with zero attached hydrogens (tertiary/aromatic N) is 1. The van der Waals surface area contributed by atoms with Crippen molar-refractivity contribution in [1.29, 1.82) is 0 Å². The standard InChI is InChI=1S/C9H19NO3/c1-8(12)5-6-10(2)9(13)4-3-7-11/h8,11-12H,3-7H2,1-2H3. The molecule has 4 nitrogen and oxygen atoms in total. The van der Waals surface area contributed by atoms with Gasteiger partial charge in [0, 0.05) is 26.6 Å². The minimum atomic E-state index is -0.368. The fourth-order valence-electron chi connectivity index (χ4n) is 0.926. The topological polar surface area (TPSA) is 60.8 Å². The molecule has 0 saturated carbocycles. The van der Waals surface area contributed by atoms with Crippen molar-refractivity contribution in [1.82, 2.24) is 4.90 Å².